The van der Waals surface area contributed by atoms with Crippen molar-refractivity contribution in [2.24, 2.45) is 0 Å². The molecule has 2 saturated heterocycles. The van der Waals surface area contributed by atoms with Gasteiger partial charge in [0.1, 0.15) is 10.6 Å². The second-order valence-electron chi connectivity index (χ2n) is 7.19. The van der Waals surface area contributed by atoms with Gasteiger partial charge in [0.25, 0.3) is 0 Å². The fraction of sp³-hybridized carbons (Fsp3) is 0.500. The van der Waals surface area contributed by atoms with Crippen molar-refractivity contribution in [3.63, 3.8) is 0 Å². The van der Waals surface area contributed by atoms with Crippen LogP contribution in [0.1, 0.15) is 29.5 Å². The van der Waals surface area contributed by atoms with Crippen LogP contribution in [-0.4, -0.2) is 50.3 Å². The third kappa shape index (κ3) is 3.77. The van der Waals surface area contributed by atoms with Crippen LogP contribution in [0, 0.1) is 13.8 Å². The molecule has 146 valence electrons. The molecule has 3 heterocycles. The Bertz CT molecular complexity index is 909. The zero-order chi connectivity index (χ0) is 19.2. The van der Waals surface area contributed by atoms with Gasteiger partial charge in [-0.3, -0.25) is 4.90 Å². The van der Waals surface area contributed by atoms with E-state index in [4.69, 9.17) is 20.9 Å². The minimum absolute atomic E-state index is 0.0311. The number of hydrogen-bond donors (Lipinski definition) is 1. The first-order valence-corrected chi connectivity index (χ1v) is 10.8. The Labute approximate surface area is 163 Å². The summed E-state index contributed by atoms with van der Waals surface area (Å²) in [7, 11) is -3.66. The molecule has 27 heavy (non-hydrogen) atoms. The average Bonchev–Trinajstić information content (AvgIpc) is 3.16. The van der Waals surface area contributed by atoms with Crippen molar-refractivity contribution in [2.75, 3.05) is 19.7 Å². The van der Waals surface area contributed by atoms with Crippen molar-refractivity contribution in [1.82, 2.24) is 14.8 Å². The lowest BCUT2D eigenvalue weighted by Crippen LogP contribution is -2.43. The number of sulfonamides is 1. The molecule has 0 saturated carbocycles. The Balaban J connectivity index is 1.43. The predicted octanol–water partition coefficient (Wildman–Crippen LogP) is 2.44. The topological polar surface area (TPSA) is 84.7 Å². The average molecular weight is 412 g/mol. The van der Waals surface area contributed by atoms with Crippen molar-refractivity contribution in [3.05, 3.63) is 46.3 Å². The van der Waals surface area contributed by atoms with E-state index in [1.165, 1.54) is 0 Å². The largest absolute Gasteiger partial charge is 0.371 e. The third-order valence-corrected chi connectivity index (χ3v) is 7.23. The van der Waals surface area contributed by atoms with Crippen LogP contribution in [0.4, 0.5) is 0 Å². The van der Waals surface area contributed by atoms with Crippen molar-refractivity contribution < 1.29 is 17.7 Å². The zero-order valence-electron chi connectivity index (χ0n) is 15.2. The first kappa shape index (κ1) is 18.9. The van der Waals surface area contributed by atoms with E-state index in [0.717, 1.165) is 18.5 Å². The second-order valence-corrected chi connectivity index (χ2v) is 9.28. The highest BCUT2D eigenvalue weighted by Crippen LogP contribution is 2.31. The first-order chi connectivity index (χ1) is 12.8. The summed E-state index contributed by atoms with van der Waals surface area (Å²) in [4.78, 5) is 2.44. The second kappa shape index (κ2) is 7.18. The molecule has 2 fully saturated rings. The van der Waals surface area contributed by atoms with Crippen LogP contribution in [0.2, 0.25) is 5.02 Å². The minimum Gasteiger partial charge on any atom is -0.371 e. The van der Waals surface area contributed by atoms with E-state index < -0.39 is 10.0 Å². The number of hydrogen-bond acceptors (Lipinski definition) is 6. The van der Waals surface area contributed by atoms with Crippen LogP contribution in [0.5, 0.6) is 0 Å². The van der Waals surface area contributed by atoms with Gasteiger partial charge in [0.05, 0.1) is 12.7 Å². The van der Waals surface area contributed by atoms with Crippen LogP contribution < -0.4 is 4.72 Å². The van der Waals surface area contributed by atoms with E-state index >= 15 is 0 Å². The molecule has 0 amide bonds. The summed E-state index contributed by atoms with van der Waals surface area (Å²) in [5.41, 5.74) is 1.46. The highest BCUT2D eigenvalue weighted by molar-refractivity contribution is 7.89. The molecule has 2 aliphatic heterocycles. The van der Waals surface area contributed by atoms with Gasteiger partial charge in [0, 0.05) is 30.2 Å². The van der Waals surface area contributed by atoms with Crippen LogP contribution in [0.15, 0.2) is 33.7 Å². The summed E-state index contributed by atoms with van der Waals surface area (Å²) in [5.74, 6) is 0.307. The number of halogens is 1. The molecule has 9 heteroatoms. The number of aryl methyl sites for hydroxylation is 2. The van der Waals surface area contributed by atoms with E-state index in [1.54, 1.807) is 13.8 Å². The molecule has 0 unspecified atom stereocenters. The zero-order valence-corrected chi connectivity index (χ0v) is 16.8. The molecular formula is C18H22ClN3O4S. The van der Waals surface area contributed by atoms with Crippen LogP contribution in [-0.2, 0) is 14.8 Å². The number of aromatic nitrogens is 1. The summed E-state index contributed by atoms with van der Waals surface area (Å²) < 4.78 is 39.3. The fourth-order valence-corrected chi connectivity index (χ4v) is 5.67. The lowest BCUT2D eigenvalue weighted by atomic mass is 10.1. The van der Waals surface area contributed by atoms with Gasteiger partial charge in [-0.15, -0.1) is 0 Å². The molecule has 0 radical (unpaired) electrons. The number of fused-ring (bicyclic) bond motifs is 1. The maximum Gasteiger partial charge on any atom is 0.246 e. The molecule has 3 atom stereocenters. The van der Waals surface area contributed by atoms with Crippen LogP contribution >= 0.6 is 11.6 Å². The first-order valence-electron chi connectivity index (χ1n) is 8.90. The quantitative estimate of drug-likeness (QED) is 0.831. The molecular weight excluding hydrogens is 390 g/mol. The summed E-state index contributed by atoms with van der Waals surface area (Å²) in [6.07, 6.45) is 0.687. The molecule has 2 aromatic rings. The lowest BCUT2D eigenvalue weighted by Gasteiger charge is -2.35. The van der Waals surface area contributed by atoms with E-state index in [9.17, 15) is 8.42 Å². The maximum absolute atomic E-state index is 12.7. The number of rotatable bonds is 4. The number of ether oxygens (including phenoxy) is 1. The summed E-state index contributed by atoms with van der Waals surface area (Å²) in [5, 5.41) is 4.44. The summed E-state index contributed by atoms with van der Waals surface area (Å²) >= 11 is 5.96. The molecule has 1 aromatic heterocycles. The number of nitrogens with one attached hydrogen (secondary N) is 1. The molecule has 0 aliphatic carbocycles. The van der Waals surface area contributed by atoms with Gasteiger partial charge in [-0.05, 0) is 38.0 Å². The molecule has 7 nitrogen and oxygen atoms in total. The molecule has 1 N–H and O–H groups in total. The number of benzene rings is 1. The maximum atomic E-state index is 12.7. The third-order valence-electron chi connectivity index (χ3n) is 5.22. The van der Waals surface area contributed by atoms with Gasteiger partial charge < -0.3 is 9.26 Å². The molecule has 0 bridgehead atoms. The standard InChI is InChI=1S/C18H22ClN3O4S/c1-11-18(12(2)26-20-11)27(23,24)21-15-7-16-10-25-17(9-22(16)8-15)13-3-5-14(19)6-4-13/h3-6,15-17,21H,7-10H2,1-2H3/t15-,16+,17-/m1/s1. The molecule has 2 aliphatic rings. The molecule has 1 aromatic carbocycles. The lowest BCUT2D eigenvalue weighted by molar-refractivity contribution is -0.0502. The Hall–Kier alpha value is -1.45. The molecule has 0 spiro atoms. The summed E-state index contributed by atoms with van der Waals surface area (Å²) in [6, 6.07) is 7.71. The Morgan fingerprint density at radius 2 is 1.96 bits per heavy atom. The van der Waals surface area contributed by atoms with Crippen molar-refractivity contribution in [3.8, 4) is 0 Å². The highest BCUT2D eigenvalue weighted by Gasteiger charge is 2.40. The minimum atomic E-state index is -3.66. The SMILES string of the molecule is Cc1noc(C)c1S(=O)(=O)N[C@@H]1C[C@H]2CO[C@@H](c3ccc(Cl)cc3)CN2C1. The van der Waals surface area contributed by atoms with E-state index in [-0.39, 0.29) is 23.1 Å². The van der Waals surface area contributed by atoms with Crippen molar-refractivity contribution in [2.45, 2.75) is 43.4 Å². The highest BCUT2D eigenvalue weighted by atomic mass is 35.5. The van der Waals surface area contributed by atoms with Gasteiger partial charge in [-0.1, -0.05) is 28.9 Å². The predicted molar refractivity (Wildman–Crippen MR) is 100 cm³/mol. The van der Waals surface area contributed by atoms with Gasteiger partial charge >= 0.3 is 0 Å². The van der Waals surface area contributed by atoms with E-state index in [1.807, 2.05) is 24.3 Å². The molecule has 4 rings (SSSR count). The van der Waals surface area contributed by atoms with Crippen molar-refractivity contribution >= 4 is 21.6 Å². The Morgan fingerprint density at radius 3 is 2.63 bits per heavy atom. The van der Waals surface area contributed by atoms with Gasteiger partial charge in [-0.2, -0.15) is 0 Å². The normalized spacial score (nSPS) is 26.3. The van der Waals surface area contributed by atoms with Gasteiger partial charge in [-0.25, -0.2) is 13.1 Å². The summed E-state index contributed by atoms with van der Waals surface area (Å²) in [6.45, 7) is 5.21. The number of morpholine rings is 1. The van der Waals surface area contributed by atoms with Crippen molar-refractivity contribution in [1.29, 1.82) is 0 Å². The van der Waals surface area contributed by atoms with Gasteiger partial charge in [0.15, 0.2) is 5.76 Å². The van der Waals surface area contributed by atoms with Gasteiger partial charge in [0.2, 0.25) is 10.0 Å². The monoisotopic (exact) mass is 411 g/mol. The Kier molecular flexibility index (Phi) is 5.02. The van der Waals surface area contributed by atoms with Crippen LogP contribution in [0.25, 0.3) is 0 Å². The van der Waals surface area contributed by atoms with Crippen LogP contribution in [0.3, 0.4) is 0 Å². The Morgan fingerprint density at radius 1 is 1.22 bits per heavy atom. The smallest absolute Gasteiger partial charge is 0.246 e. The number of nitrogens with zero attached hydrogens (tertiary/aromatic N) is 2. The fourth-order valence-electron chi connectivity index (χ4n) is 3.98. The van der Waals surface area contributed by atoms with E-state index in [0.29, 0.717) is 29.6 Å². The van der Waals surface area contributed by atoms with E-state index in [2.05, 4.69) is 14.8 Å².